The summed E-state index contributed by atoms with van der Waals surface area (Å²) in [4.78, 5) is 0. The van der Waals surface area contributed by atoms with Crippen molar-refractivity contribution in [2.75, 3.05) is 6.61 Å². The zero-order valence-electron chi connectivity index (χ0n) is 12.8. The number of phenols is 1. The summed E-state index contributed by atoms with van der Waals surface area (Å²) in [6.45, 7) is 14.3. The normalized spacial score (nSPS) is 11.8. The lowest BCUT2D eigenvalue weighted by molar-refractivity contribution is 0.215. The Morgan fingerprint density at radius 2 is 1.50 bits per heavy atom. The molecular weight excluding hydrogens is 224 g/mol. The second-order valence-electron chi connectivity index (χ2n) is 6.02. The van der Waals surface area contributed by atoms with E-state index in [0.717, 1.165) is 5.56 Å². The summed E-state index contributed by atoms with van der Waals surface area (Å²) >= 11 is 0. The molecule has 2 heteroatoms. The number of aliphatic hydroxyl groups excluding tert-OH is 1. The maximum absolute atomic E-state index is 9.86. The predicted molar refractivity (Wildman–Crippen MR) is 78.3 cm³/mol. The number of aromatic hydroxyl groups is 1. The summed E-state index contributed by atoms with van der Waals surface area (Å²) in [5.41, 5.74) is 1.61. The minimum absolute atomic E-state index is 0.0220. The van der Waals surface area contributed by atoms with Crippen molar-refractivity contribution < 1.29 is 10.2 Å². The molecule has 0 saturated heterocycles. The van der Waals surface area contributed by atoms with E-state index in [-0.39, 0.29) is 17.8 Å². The topological polar surface area (TPSA) is 40.5 Å². The maximum atomic E-state index is 9.86. The Bertz CT molecular complexity index is 373. The molecule has 0 atom stereocenters. The lowest BCUT2D eigenvalue weighted by Gasteiger charge is -2.27. The van der Waals surface area contributed by atoms with Crippen LogP contribution in [-0.2, 0) is 10.8 Å². The van der Waals surface area contributed by atoms with Gasteiger partial charge in [0, 0.05) is 11.0 Å². The van der Waals surface area contributed by atoms with Crippen LogP contribution in [0.25, 0.3) is 0 Å². The van der Waals surface area contributed by atoms with Gasteiger partial charge in [-0.15, -0.1) is 0 Å². The van der Waals surface area contributed by atoms with E-state index in [1.807, 2.05) is 39.8 Å². The first kappa shape index (κ1) is 17.0. The van der Waals surface area contributed by atoms with Crippen LogP contribution in [0.3, 0.4) is 0 Å². The van der Waals surface area contributed by atoms with E-state index in [9.17, 15) is 10.2 Å². The van der Waals surface area contributed by atoms with Gasteiger partial charge in [0.05, 0.1) is 6.61 Å². The van der Waals surface area contributed by atoms with Gasteiger partial charge < -0.3 is 10.2 Å². The Balaban J connectivity index is 0.00000137. The molecule has 2 nitrogen and oxygen atoms in total. The quantitative estimate of drug-likeness (QED) is 0.835. The molecule has 1 rings (SSSR count). The Labute approximate surface area is 112 Å². The summed E-state index contributed by atoms with van der Waals surface area (Å²) in [5.74, 6) is 0.257. The largest absolute Gasteiger partial charge is 0.508 e. The van der Waals surface area contributed by atoms with Crippen LogP contribution in [0.5, 0.6) is 5.75 Å². The highest BCUT2D eigenvalue weighted by Gasteiger charge is 2.25. The van der Waals surface area contributed by atoms with Crippen LogP contribution in [0.4, 0.5) is 0 Å². The highest BCUT2D eigenvalue weighted by atomic mass is 16.3. The number of rotatable bonds is 2. The molecule has 0 heterocycles. The number of hydrogen-bond donors (Lipinski definition) is 2. The van der Waals surface area contributed by atoms with Gasteiger partial charge in [0.2, 0.25) is 0 Å². The fraction of sp³-hybridized carbons (Fsp3) is 0.625. The molecule has 0 radical (unpaired) electrons. The number of aliphatic hydroxyl groups is 1. The lowest BCUT2D eigenvalue weighted by atomic mass is 9.79. The van der Waals surface area contributed by atoms with Crippen molar-refractivity contribution in [1.29, 1.82) is 0 Å². The fourth-order valence-electron chi connectivity index (χ4n) is 1.63. The number of phenolic OH excluding ortho intramolecular Hbond substituents is 1. The van der Waals surface area contributed by atoms with Crippen LogP contribution in [-0.4, -0.2) is 16.8 Å². The molecule has 0 aliphatic heterocycles. The van der Waals surface area contributed by atoms with E-state index in [4.69, 9.17) is 0 Å². The average molecular weight is 252 g/mol. The minimum Gasteiger partial charge on any atom is -0.508 e. The number of benzene rings is 1. The van der Waals surface area contributed by atoms with Crippen molar-refractivity contribution in [3.8, 4) is 5.75 Å². The third kappa shape index (κ3) is 4.02. The van der Waals surface area contributed by atoms with Gasteiger partial charge in [-0.05, 0) is 17.0 Å². The van der Waals surface area contributed by atoms with Gasteiger partial charge >= 0.3 is 0 Å². The SMILES string of the molecule is CC.CC(C)(C)c1ccc(O)c(C(C)(C)CO)c1. The van der Waals surface area contributed by atoms with Crippen LogP contribution in [0.1, 0.15) is 59.6 Å². The molecule has 0 amide bonds. The van der Waals surface area contributed by atoms with Gasteiger partial charge in [0.15, 0.2) is 0 Å². The summed E-state index contributed by atoms with van der Waals surface area (Å²) < 4.78 is 0. The van der Waals surface area contributed by atoms with Crippen LogP contribution < -0.4 is 0 Å². The minimum atomic E-state index is -0.411. The summed E-state index contributed by atoms with van der Waals surface area (Å²) in [7, 11) is 0. The first-order valence-electron chi connectivity index (χ1n) is 6.63. The Morgan fingerprint density at radius 3 is 1.89 bits per heavy atom. The van der Waals surface area contributed by atoms with Crippen LogP contribution in [0.2, 0.25) is 0 Å². The molecule has 0 bridgehead atoms. The van der Waals surface area contributed by atoms with Crippen LogP contribution in [0.15, 0.2) is 18.2 Å². The van der Waals surface area contributed by atoms with Gasteiger partial charge in [0.1, 0.15) is 5.75 Å². The first-order valence-corrected chi connectivity index (χ1v) is 6.63. The molecule has 0 aromatic heterocycles. The van der Waals surface area contributed by atoms with Gasteiger partial charge in [-0.2, -0.15) is 0 Å². The van der Waals surface area contributed by atoms with Crippen LogP contribution >= 0.6 is 0 Å². The standard InChI is InChI=1S/C14H22O2.C2H6/c1-13(2,3)10-6-7-12(16)11(8-10)14(4,5)9-15;1-2/h6-8,15-16H,9H2,1-5H3;1-2H3. The lowest BCUT2D eigenvalue weighted by Crippen LogP contribution is -2.23. The smallest absolute Gasteiger partial charge is 0.119 e. The van der Waals surface area contributed by atoms with Crippen LogP contribution in [0, 0.1) is 0 Å². The molecule has 1 aromatic carbocycles. The molecule has 1 aromatic rings. The second kappa shape index (κ2) is 6.24. The van der Waals surface area contributed by atoms with Crippen molar-refractivity contribution >= 4 is 0 Å². The van der Waals surface area contributed by atoms with Gasteiger partial charge in [0.25, 0.3) is 0 Å². The Morgan fingerprint density at radius 1 is 1.00 bits per heavy atom. The van der Waals surface area contributed by atoms with Crippen molar-refractivity contribution in [3.63, 3.8) is 0 Å². The Kier molecular flexibility index (Phi) is 5.88. The highest BCUT2D eigenvalue weighted by molar-refractivity contribution is 5.42. The summed E-state index contributed by atoms with van der Waals surface area (Å²) in [5, 5.41) is 19.2. The molecule has 0 saturated carbocycles. The van der Waals surface area contributed by atoms with E-state index < -0.39 is 5.41 Å². The maximum Gasteiger partial charge on any atom is 0.119 e. The molecule has 0 aliphatic carbocycles. The third-order valence-electron chi connectivity index (χ3n) is 2.99. The van der Waals surface area contributed by atoms with Crippen molar-refractivity contribution in [3.05, 3.63) is 29.3 Å². The molecule has 0 fully saturated rings. The van der Waals surface area contributed by atoms with E-state index >= 15 is 0 Å². The van der Waals surface area contributed by atoms with Gasteiger partial charge in [-0.25, -0.2) is 0 Å². The molecule has 0 aliphatic rings. The Hall–Kier alpha value is -1.02. The van der Waals surface area contributed by atoms with E-state index in [1.54, 1.807) is 6.07 Å². The molecule has 2 N–H and O–H groups in total. The number of hydrogen-bond acceptors (Lipinski definition) is 2. The highest BCUT2D eigenvalue weighted by Crippen LogP contribution is 2.34. The van der Waals surface area contributed by atoms with E-state index in [2.05, 4.69) is 20.8 Å². The molecular formula is C16H28O2. The van der Waals surface area contributed by atoms with Gasteiger partial charge in [-0.1, -0.05) is 60.6 Å². The van der Waals surface area contributed by atoms with Crippen molar-refractivity contribution in [2.24, 2.45) is 0 Å². The van der Waals surface area contributed by atoms with E-state index in [0.29, 0.717) is 0 Å². The molecule has 0 spiro atoms. The third-order valence-corrected chi connectivity index (χ3v) is 2.99. The zero-order valence-corrected chi connectivity index (χ0v) is 12.8. The first-order chi connectivity index (χ1) is 8.18. The van der Waals surface area contributed by atoms with E-state index in [1.165, 1.54) is 5.56 Å². The molecule has 0 unspecified atom stereocenters. The monoisotopic (exact) mass is 252 g/mol. The summed E-state index contributed by atoms with van der Waals surface area (Å²) in [6.07, 6.45) is 0. The average Bonchev–Trinajstić information content (AvgIpc) is 2.30. The molecule has 104 valence electrons. The van der Waals surface area contributed by atoms with Gasteiger partial charge in [-0.3, -0.25) is 0 Å². The second-order valence-corrected chi connectivity index (χ2v) is 6.02. The zero-order chi connectivity index (χ0) is 14.6. The fourth-order valence-corrected chi connectivity index (χ4v) is 1.63. The summed E-state index contributed by atoms with van der Waals surface area (Å²) in [6, 6.07) is 5.64. The predicted octanol–water partition coefficient (Wildman–Crippen LogP) is 3.99. The van der Waals surface area contributed by atoms with Crippen molar-refractivity contribution in [2.45, 2.75) is 59.3 Å². The molecule has 18 heavy (non-hydrogen) atoms. The van der Waals surface area contributed by atoms with Crippen molar-refractivity contribution in [1.82, 2.24) is 0 Å².